The van der Waals surface area contributed by atoms with E-state index in [1.54, 1.807) is 0 Å². The number of ether oxygens (including phenoxy) is 1. The molecule has 0 aromatic heterocycles. The summed E-state index contributed by atoms with van der Waals surface area (Å²) < 4.78 is 35.3. The van der Waals surface area contributed by atoms with Crippen molar-refractivity contribution in [3.05, 3.63) is 128 Å². The van der Waals surface area contributed by atoms with Crippen LogP contribution in [-0.2, 0) is 32.6 Å². The Morgan fingerprint density at radius 3 is 2.30 bits per heavy atom. The number of rotatable bonds is 15. The number of methoxy groups -OCH3 is 1. The van der Waals surface area contributed by atoms with Gasteiger partial charge >= 0.3 is 0 Å². The molecule has 0 aliphatic heterocycles. The minimum atomic E-state index is -4.67. The van der Waals surface area contributed by atoms with Crippen molar-refractivity contribution in [1.82, 2.24) is 10.2 Å². The third-order valence-electron chi connectivity index (χ3n) is 8.36. The molecule has 0 aliphatic carbocycles. The molecule has 264 valence electrons. The summed E-state index contributed by atoms with van der Waals surface area (Å²) in [6.07, 6.45) is 0.803. The van der Waals surface area contributed by atoms with E-state index in [1.165, 1.54) is 49.3 Å². The summed E-state index contributed by atoms with van der Waals surface area (Å²) in [6.45, 7) is 6.41. The number of carbonyl (C=O) groups excluding carboxylic acids is 2. The average molecular weight is 721 g/mol. The molecule has 1 N–H and O–H groups in total. The second kappa shape index (κ2) is 16.6. The third-order valence-corrected chi connectivity index (χ3v) is 10.4. The van der Waals surface area contributed by atoms with E-state index in [1.807, 2.05) is 75.4 Å². The number of hydrogen-bond donors (Lipinski definition) is 1. The molecule has 0 saturated heterocycles. The Balaban J connectivity index is 1.90. The highest BCUT2D eigenvalue weighted by atomic mass is 35.5. The fourth-order valence-electron chi connectivity index (χ4n) is 5.45. The van der Waals surface area contributed by atoms with Gasteiger partial charge in [-0.2, -0.15) is 0 Å². The first-order valence-corrected chi connectivity index (χ1v) is 17.9. The Morgan fingerprint density at radius 1 is 0.960 bits per heavy atom. The van der Waals surface area contributed by atoms with Crippen LogP contribution < -0.4 is 14.4 Å². The molecule has 13 heteroatoms. The van der Waals surface area contributed by atoms with E-state index in [0.717, 1.165) is 27.1 Å². The van der Waals surface area contributed by atoms with E-state index in [2.05, 4.69) is 5.32 Å². The number of hydrogen-bond acceptors (Lipinski definition) is 7. The maximum absolute atomic E-state index is 14.8. The normalized spacial score (nSPS) is 12.4. The van der Waals surface area contributed by atoms with Crippen LogP contribution in [0.25, 0.3) is 0 Å². The number of benzene rings is 4. The van der Waals surface area contributed by atoms with Crippen LogP contribution in [0.3, 0.4) is 0 Å². The van der Waals surface area contributed by atoms with Crippen molar-refractivity contribution in [3.63, 3.8) is 0 Å². The first-order valence-electron chi connectivity index (χ1n) is 16.1. The highest BCUT2D eigenvalue weighted by Crippen LogP contribution is 2.36. The van der Waals surface area contributed by atoms with Gasteiger partial charge in [-0.15, -0.1) is 0 Å². The van der Waals surface area contributed by atoms with Gasteiger partial charge in [0.05, 0.1) is 22.6 Å². The van der Waals surface area contributed by atoms with E-state index < -0.39 is 49.9 Å². The Hall–Kier alpha value is -4.94. The van der Waals surface area contributed by atoms with Crippen LogP contribution in [0.4, 0.5) is 11.4 Å². The van der Waals surface area contributed by atoms with Crippen LogP contribution in [0, 0.1) is 24.0 Å². The standard InChI is InChI=1S/C37H41ClN4O7S/c1-6-27(4)39-37(44)34(20-28-12-8-7-9-13-28)40(23-29-14-10-11-25(2)19-29)36(43)24-41(33-21-30(38)16-18-35(33)49-5)50(47,48)31-17-15-26(3)32(22-31)42(45)46/h7-19,21-22,27,34H,6,20,23-24H2,1-5H3,(H,39,44)/t27-,34-/m1/s1. The van der Waals surface area contributed by atoms with E-state index in [4.69, 9.17) is 16.3 Å². The number of aryl methyl sites for hydroxylation is 2. The number of nitro benzene ring substituents is 1. The second-order valence-corrected chi connectivity index (χ2v) is 14.4. The van der Waals surface area contributed by atoms with Crippen LogP contribution in [0.1, 0.15) is 42.5 Å². The minimum Gasteiger partial charge on any atom is -0.495 e. The molecule has 0 spiro atoms. The van der Waals surface area contributed by atoms with Crippen molar-refractivity contribution in [2.45, 2.75) is 64.1 Å². The number of sulfonamides is 1. The lowest BCUT2D eigenvalue weighted by atomic mass is 10.0. The van der Waals surface area contributed by atoms with Crippen molar-refractivity contribution in [2.24, 2.45) is 0 Å². The van der Waals surface area contributed by atoms with Crippen molar-refractivity contribution >= 4 is 44.8 Å². The van der Waals surface area contributed by atoms with Gasteiger partial charge in [0.2, 0.25) is 11.8 Å². The molecule has 4 aromatic carbocycles. The highest BCUT2D eigenvalue weighted by molar-refractivity contribution is 7.92. The largest absolute Gasteiger partial charge is 0.495 e. The quantitative estimate of drug-likeness (QED) is 0.108. The van der Waals surface area contributed by atoms with Crippen molar-refractivity contribution < 1.29 is 27.7 Å². The molecule has 4 aromatic rings. The summed E-state index contributed by atoms with van der Waals surface area (Å²) in [5.41, 5.74) is 2.27. The molecule has 0 fully saturated rings. The van der Waals surface area contributed by atoms with Crippen LogP contribution in [0.2, 0.25) is 5.02 Å². The highest BCUT2D eigenvalue weighted by Gasteiger charge is 2.36. The van der Waals surface area contributed by atoms with Crippen LogP contribution in [0.15, 0.2) is 95.9 Å². The molecule has 0 heterocycles. The van der Waals surface area contributed by atoms with Gasteiger partial charge in [-0.25, -0.2) is 8.42 Å². The van der Waals surface area contributed by atoms with Crippen LogP contribution in [-0.4, -0.2) is 55.8 Å². The Kier molecular flexibility index (Phi) is 12.6. The Labute approximate surface area is 298 Å². The predicted molar refractivity (Wildman–Crippen MR) is 194 cm³/mol. The number of nitro groups is 1. The summed E-state index contributed by atoms with van der Waals surface area (Å²) in [7, 11) is -3.33. The number of halogens is 1. The van der Waals surface area contributed by atoms with E-state index >= 15 is 0 Å². The average Bonchev–Trinajstić information content (AvgIpc) is 3.08. The van der Waals surface area contributed by atoms with Crippen molar-refractivity contribution in [2.75, 3.05) is 18.0 Å². The topological polar surface area (TPSA) is 139 Å². The second-order valence-electron chi connectivity index (χ2n) is 12.1. The van der Waals surface area contributed by atoms with E-state index in [-0.39, 0.29) is 41.0 Å². The summed E-state index contributed by atoms with van der Waals surface area (Å²) in [6, 6.07) is 23.3. The zero-order chi connectivity index (χ0) is 36.6. The number of carbonyl (C=O) groups is 2. The molecule has 0 saturated carbocycles. The molecule has 2 atom stereocenters. The third kappa shape index (κ3) is 9.19. The van der Waals surface area contributed by atoms with E-state index in [9.17, 15) is 28.1 Å². The number of anilines is 1. The maximum atomic E-state index is 14.8. The molecule has 0 bridgehead atoms. The molecular formula is C37H41ClN4O7S. The zero-order valence-electron chi connectivity index (χ0n) is 28.6. The predicted octanol–water partition coefficient (Wildman–Crippen LogP) is 6.62. The monoisotopic (exact) mass is 720 g/mol. The number of nitrogens with one attached hydrogen (secondary N) is 1. The van der Waals surface area contributed by atoms with Crippen molar-refractivity contribution in [1.29, 1.82) is 0 Å². The first kappa shape index (κ1) is 37.9. The van der Waals surface area contributed by atoms with Crippen LogP contribution in [0.5, 0.6) is 5.75 Å². The summed E-state index contributed by atoms with van der Waals surface area (Å²) in [4.78, 5) is 40.9. The van der Waals surface area contributed by atoms with E-state index in [0.29, 0.717) is 6.42 Å². The fraction of sp³-hybridized carbons (Fsp3) is 0.297. The minimum absolute atomic E-state index is 0.0114. The lowest BCUT2D eigenvalue weighted by Gasteiger charge is -2.34. The van der Waals surface area contributed by atoms with Gasteiger partial charge in [0.1, 0.15) is 18.3 Å². The molecule has 0 unspecified atom stereocenters. The number of amides is 2. The summed E-state index contributed by atoms with van der Waals surface area (Å²) >= 11 is 6.35. The molecule has 11 nitrogen and oxygen atoms in total. The molecule has 50 heavy (non-hydrogen) atoms. The van der Waals surface area contributed by atoms with Crippen molar-refractivity contribution in [3.8, 4) is 5.75 Å². The summed E-state index contributed by atoms with van der Waals surface area (Å²) in [5.74, 6) is -1.000. The fourth-order valence-corrected chi connectivity index (χ4v) is 7.05. The Bertz CT molecular complexity index is 1960. The number of nitrogens with zero attached hydrogens (tertiary/aromatic N) is 3. The maximum Gasteiger partial charge on any atom is 0.273 e. The SMILES string of the molecule is CC[C@@H](C)NC(=O)[C@@H](Cc1ccccc1)N(Cc1cccc(C)c1)C(=O)CN(c1cc(Cl)ccc1OC)S(=O)(=O)c1ccc(C)c([N+](=O)[O-])c1. The molecule has 0 radical (unpaired) electrons. The van der Waals surface area contributed by atoms with Gasteiger partial charge in [0.25, 0.3) is 15.7 Å². The smallest absolute Gasteiger partial charge is 0.273 e. The van der Waals surface area contributed by atoms with Gasteiger partial charge in [-0.1, -0.05) is 84.8 Å². The molecular weight excluding hydrogens is 680 g/mol. The van der Waals surface area contributed by atoms with Gasteiger partial charge in [0.15, 0.2) is 0 Å². The molecule has 4 rings (SSSR count). The summed E-state index contributed by atoms with van der Waals surface area (Å²) in [5, 5.41) is 15.0. The van der Waals surface area contributed by atoms with Gasteiger partial charge < -0.3 is 15.0 Å². The zero-order valence-corrected chi connectivity index (χ0v) is 30.2. The Morgan fingerprint density at radius 2 is 1.66 bits per heavy atom. The van der Waals surface area contributed by atoms with Gasteiger partial charge in [-0.3, -0.25) is 24.0 Å². The molecule has 0 aliphatic rings. The van der Waals surface area contributed by atoms with Crippen LogP contribution >= 0.6 is 11.6 Å². The lowest BCUT2D eigenvalue weighted by Crippen LogP contribution is -2.54. The van der Waals surface area contributed by atoms with Gasteiger partial charge in [-0.05, 0) is 62.6 Å². The lowest BCUT2D eigenvalue weighted by molar-refractivity contribution is -0.385. The van der Waals surface area contributed by atoms with Gasteiger partial charge in [0, 0.05) is 35.7 Å². The first-order chi connectivity index (χ1) is 23.7. The molecule has 2 amide bonds.